The van der Waals surface area contributed by atoms with E-state index in [4.69, 9.17) is 35.5 Å². The lowest BCUT2D eigenvalue weighted by Gasteiger charge is -2.15. The second-order valence-electron chi connectivity index (χ2n) is 8.92. The molecule has 9 nitrogen and oxygen atoms in total. The molecule has 1 aromatic heterocycles. The van der Waals surface area contributed by atoms with Gasteiger partial charge in [-0.15, -0.1) is 10.2 Å². The Morgan fingerprint density at radius 1 is 0.841 bits per heavy atom. The van der Waals surface area contributed by atoms with Crippen LogP contribution in [0, 0.1) is 0 Å². The van der Waals surface area contributed by atoms with E-state index in [1.807, 2.05) is 13.8 Å². The van der Waals surface area contributed by atoms with Crippen molar-refractivity contribution in [2.45, 2.75) is 25.2 Å². The Labute approximate surface area is 261 Å². The van der Waals surface area contributed by atoms with Crippen molar-refractivity contribution in [1.29, 1.82) is 0 Å². The summed E-state index contributed by atoms with van der Waals surface area (Å²) in [5, 5.41) is 11.2. The number of hydrogen-bond donors (Lipinski definition) is 1. The van der Waals surface area contributed by atoms with Crippen LogP contribution in [0.15, 0.2) is 59.8 Å². The van der Waals surface area contributed by atoms with Gasteiger partial charge in [-0.05, 0) is 68.4 Å². The third kappa shape index (κ3) is 7.83. The van der Waals surface area contributed by atoms with Gasteiger partial charge in [-0.3, -0.25) is 4.79 Å². The van der Waals surface area contributed by atoms with Crippen LogP contribution in [0.5, 0.6) is 23.0 Å². The summed E-state index contributed by atoms with van der Waals surface area (Å²) in [5.74, 6) is 1.24. The number of amides is 1. The fourth-order valence-corrected chi connectivity index (χ4v) is 4.81. The molecule has 1 amide bonds. The van der Waals surface area contributed by atoms with Crippen LogP contribution < -0.4 is 24.3 Å². The summed E-state index contributed by atoms with van der Waals surface area (Å²) in [5.41, 5.74) is 1.02. The number of ether oxygens (including phenoxy) is 4. The molecule has 1 N–H and O–H groups in total. The second kappa shape index (κ2) is 14.5. The number of benzene rings is 3. The molecule has 0 radical (unpaired) electrons. The molecule has 0 saturated heterocycles. The number of carbonyl (C=O) groups is 1. The molecule has 14 heteroatoms. The van der Waals surface area contributed by atoms with Crippen molar-refractivity contribution in [3.63, 3.8) is 0 Å². The third-order valence-electron chi connectivity index (χ3n) is 6.04. The summed E-state index contributed by atoms with van der Waals surface area (Å²) in [4.78, 5) is 17.4. The molecule has 0 unspecified atom stereocenters. The molecule has 1 heterocycles. The highest BCUT2D eigenvalue weighted by Crippen LogP contribution is 2.39. The SMILES string of the molecule is CCOc1ccc(-c2nnc(SCC(=O)Nc3cc(C(F)(F)F)ccc3Cl)nc2-c2ccc(OCC)c(OC)c2)cc1OC. The number of methoxy groups -OCH3 is 2. The van der Waals surface area contributed by atoms with E-state index in [1.165, 1.54) is 14.2 Å². The summed E-state index contributed by atoms with van der Waals surface area (Å²) in [6.45, 7) is 4.62. The monoisotopic (exact) mass is 648 g/mol. The van der Waals surface area contributed by atoms with Crippen molar-refractivity contribution in [2.75, 3.05) is 38.5 Å². The van der Waals surface area contributed by atoms with E-state index < -0.39 is 17.6 Å². The minimum Gasteiger partial charge on any atom is -0.493 e. The smallest absolute Gasteiger partial charge is 0.416 e. The molecule has 0 fully saturated rings. The van der Waals surface area contributed by atoms with Crippen molar-refractivity contribution >= 4 is 35.0 Å². The highest BCUT2D eigenvalue weighted by Gasteiger charge is 2.31. The Kier molecular flexibility index (Phi) is 10.8. The van der Waals surface area contributed by atoms with Gasteiger partial charge in [-0.1, -0.05) is 23.4 Å². The van der Waals surface area contributed by atoms with E-state index in [1.54, 1.807) is 36.4 Å². The minimum absolute atomic E-state index is 0.0314. The molecule has 0 bridgehead atoms. The van der Waals surface area contributed by atoms with Crippen molar-refractivity contribution in [1.82, 2.24) is 15.2 Å². The largest absolute Gasteiger partial charge is 0.493 e. The normalized spacial score (nSPS) is 11.2. The molecule has 0 spiro atoms. The van der Waals surface area contributed by atoms with Crippen LogP contribution >= 0.6 is 23.4 Å². The maximum atomic E-state index is 13.1. The molecule has 0 saturated carbocycles. The van der Waals surface area contributed by atoms with Crippen LogP contribution in [0.1, 0.15) is 19.4 Å². The predicted octanol–water partition coefficient (Wildman–Crippen LogP) is 7.42. The summed E-state index contributed by atoms with van der Waals surface area (Å²) in [6, 6.07) is 13.3. The number of anilines is 1. The molecule has 0 atom stereocenters. The Hall–Kier alpha value is -4.23. The predicted molar refractivity (Wildman–Crippen MR) is 162 cm³/mol. The zero-order chi connectivity index (χ0) is 31.9. The number of alkyl halides is 3. The maximum absolute atomic E-state index is 13.1. The number of thioether (sulfide) groups is 1. The molecule has 44 heavy (non-hydrogen) atoms. The molecule has 3 aromatic carbocycles. The fourth-order valence-electron chi connectivity index (χ4n) is 4.06. The van der Waals surface area contributed by atoms with Gasteiger partial charge in [0.1, 0.15) is 11.4 Å². The first-order chi connectivity index (χ1) is 21.1. The van der Waals surface area contributed by atoms with Gasteiger partial charge >= 0.3 is 6.18 Å². The van der Waals surface area contributed by atoms with E-state index in [9.17, 15) is 18.0 Å². The number of rotatable bonds is 12. The van der Waals surface area contributed by atoms with E-state index in [-0.39, 0.29) is 21.6 Å². The number of nitrogens with zero attached hydrogens (tertiary/aromatic N) is 3. The molecular formula is C30H28ClF3N4O5S. The van der Waals surface area contributed by atoms with Crippen molar-refractivity contribution < 1.29 is 36.9 Å². The van der Waals surface area contributed by atoms with Crippen molar-refractivity contribution in [3.05, 3.63) is 65.2 Å². The number of aromatic nitrogens is 3. The van der Waals surface area contributed by atoms with Gasteiger partial charge < -0.3 is 24.3 Å². The molecule has 0 aliphatic rings. The summed E-state index contributed by atoms with van der Waals surface area (Å²) in [6.07, 6.45) is -4.59. The van der Waals surface area contributed by atoms with Gasteiger partial charge in [0, 0.05) is 11.1 Å². The van der Waals surface area contributed by atoms with E-state index in [0.717, 1.165) is 30.0 Å². The molecule has 4 rings (SSSR count). The Morgan fingerprint density at radius 3 is 1.98 bits per heavy atom. The van der Waals surface area contributed by atoms with Crippen LogP contribution in [0.4, 0.5) is 18.9 Å². The first-order valence-electron chi connectivity index (χ1n) is 13.2. The molecule has 232 valence electrons. The third-order valence-corrected chi connectivity index (χ3v) is 7.21. The molecule has 0 aliphatic carbocycles. The van der Waals surface area contributed by atoms with Crippen LogP contribution in [0.25, 0.3) is 22.5 Å². The van der Waals surface area contributed by atoms with Gasteiger partial charge in [0.05, 0.1) is 49.5 Å². The maximum Gasteiger partial charge on any atom is 0.416 e. The topological polar surface area (TPSA) is 105 Å². The van der Waals surface area contributed by atoms with E-state index in [2.05, 4.69) is 15.5 Å². The highest BCUT2D eigenvalue weighted by molar-refractivity contribution is 7.99. The fraction of sp³-hybridized carbons (Fsp3) is 0.267. The quantitative estimate of drug-likeness (QED) is 0.157. The standard InChI is InChI=1S/C30H28ClF3N4O5S/c1-5-42-22-11-7-17(13-24(22)40-3)27-28(18-8-12-23(43-6-2)25(14-18)41-4)37-38-29(36-27)44-16-26(39)35-21-15-19(30(32,33)34)9-10-20(21)31/h7-15H,5-6,16H2,1-4H3,(H,35,39). The Morgan fingerprint density at radius 2 is 1.43 bits per heavy atom. The van der Waals surface area contributed by atoms with Gasteiger partial charge in [0.15, 0.2) is 23.0 Å². The summed E-state index contributed by atoms with van der Waals surface area (Å²) < 4.78 is 61.7. The second-order valence-corrected chi connectivity index (χ2v) is 10.3. The van der Waals surface area contributed by atoms with Gasteiger partial charge in [0.2, 0.25) is 11.1 Å². The Bertz CT molecular complexity index is 1640. The highest BCUT2D eigenvalue weighted by atomic mass is 35.5. The molecular weight excluding hydrogens is 621 g/mol. The lowest BCUT2D eigenvalue weighted by atomic mass is 10.0. The molecule has 4 aromatic rings. The average Bonchev–Trinajstić information content (AvgIpc) is 3.01. The lowest BCUT2D eigenvalue weighted by molar-refractivity contribution is -0.137. The van der Waals surface area contributed by atoms with Gasteiger partial charge in [-0.2, -0.15) is 13.2 Å². The number of halogens is 4. The number of nitrogens with one attached hydrogen (secondary N) is 1. The van der Waals surface area contributed by atoms with Gasteiger partial charge in [-0.25, -0.2) is 4.98 Å². The van der Waals surface area contributed by atoms with Crippen LogP contribution in [-0.2, 0) is 11.0 Å². The van der Waals surface area contributed by atoms with Crippen LogP contribution in [0.2, 0.25) is 5.02 Å². The van der Waals surface area contributed by atoms with Crippen LogP contribution in [0.3, 0.4) is 0 Å². The molecule has 0 aliphatic heterocycles. The van der Waals surface area contributed by atoms with Crippen molar-refractivity contribution in [3.8, 4) is 45.5 Å². The minimum atomic E-state index is -4.59. The van der Waals surface area contributed by atoms with Crippen LogP contribution in [-0.4, -0.2) is 54.3 Å². The summed E-state index contributed by atoms with van der Waals surface area (Å²) in [7, 11) is 3.05. The number of hydrogen-bond acceptors (Lipinski definition) is 9. The zero-order valence-electron chi connectivity index (χ0n) is 24.1. The Balaban J connectivity index is 1.67. The zero-order valence-corrected chi connectivity index (χ0v) is 25.7. The van der Waals surface area contributed by atoms with Crippen molar-refractivity contribution in [2.24, 2.45) is 0 Å². The average molecular weight is 649 g/mol. The first-order valence-corrected chi connectivity index (χ1v) is 14.6. The number of carbonyl (C=O) groups excluding carboxylic acids is 1. The van der Waals surface area contributed by atoms with Gasteiger partial charge in [0.25, 0.3) is 0 Å². The van der Waals surface area contributed by atoms with E-state index in [0.29, 0.717) is 58.7 Å². The summed E-state index contributed by atoms with van der Waals surface area (Å²) >= 11 is 6.97. The first kappa shape index (κ1) is 32.7. The lowest BCUT2D eigenvalue weighted by Crippen LogP contribution is -2.16. The van der Waals surface area contributed by atoms with E-state index >= 15 is 0 Å².